The van der Waals surface area contributed by atoms with Crippen LogP contribution in [0.15, 0.2) is 78.5 Å². The standard InChI is InChI=1S/C28H25F3N2O4/c1-17(2)16-37-21-11-9-19(10-12-21)25(34)23-24(22-8-3-4-13-32-22)33(27(36)26(23)35)15-18-6-5-7-20(14-18)28(29,30)31/h3-14,17,24,34H,15-16H2,1-2H3/b25-23+. The van der Waals surface area contributed by atoms with E-state index < -0.39 is 35.2 Å². The Kier molecular flexibility index (Phi) is 7.33. The number of ketones is 1. The molecule has 1 atom stereocenters. The molecule has 192 valence electrons. The number of alkyl halides is 3. The molecule has 1 aliphatic rings. The van der Waals surface area contributed by atoms with Crippen molar-refractivity contribution < 1.29 is 32.6 Å². The molecule has 0 saturated carbocycles. The fourth-order valence-electron chi connectivity index (χ4n) is 4.06. The van der Waals surface area contributed by atoms with Gasteiger partial charge in [0, 0.05) is 18.3 Å². The van der Waals surface area contributed by atoms with Crippen LogP contribution in [0.1, 0.15) is 42.3 Å². The Morgan fingerprint density at radius 2 is 1.78 bits per heavy atom. The summed E-state index contributed by atoms with van der Waals surface area (Å²) >= 11 is 0. The van der Waals surface area contributed by atoms with E-state index in [4.69, 9.17) is 4.74 Å². The Morgan fingerprint density at radius 1 is 1.05 bits per heavy atom. The van der Waals surface area contributed by atoms with Crippen molar-refractivity contribution in [2.45, 2.75) is 32.6 Å². The summed E-state index contributed by atoms with van der Waals surface area (Å²) in [6, 6.07) is 14.8. The number of aromatic nitrogens is 1. The van der Waals surface area contributed by atoms with Gasteiger partial charge in [-0.1, -0.05) is 32.0 Å². The van der Waals surface area contributed by atoms with Crippen LogP contribution in [-0.4, -0.2) is 33.3 Å². The number of Topliss-reactive ketones (excluding diaryl/α,β-unsaturated/α-hetero) is 1. The first-order valence-electron chi connectivity index (χ1n) is 11.6. The van der Waals surface area contributed by atoms with Gasteiger partial charge < -0.3 is 14.7 Å². The monoisotopic (exact) mass is 510 g/mol. The van der Waals surface area contributed by atoms with Crippen LogP contribution in [0.25, 0.3) is 5.76 Å². The fourth-order valence-corrected chi connectivity index (χ4v) is 4.06. The van der Waals surface area contributed by atoms with Gasteiger partial charge in [-0.05, 0) is 60.0 Å². The van der Waals surface area contributed by atoms with Crippen molar-refractivity contribution >= 4 is 17.4 Å². The summed E-state index contributed by atoms with van der Waals surface area (Å²) in [5, 5.41) is 11.1. The second kappa shape index (κ2) is 10.5. The topological polar surface area (TPSA) is 79.7 Å². The predicted molar refractivity (Wildman–Crippen MR) is 130 cm³/mol. The van der Waals surface area contributed by atoms with Crippen LogP contribution in [0.3, 0.4) is 0 Å². The number of hydrogen-bond acceptors (Lipinski definition) is 5. The number of carbonyl (C=O) groups excluding carboxylic acids is 2. The van der Waals surface area contributed by atoms with Gasteiger partial charge in [-0.3, -0.25) is 14.6 Å². The first-order valence-corrected chi connectivity index (χ1v) is 11.6. The zero-order valence-electron chi connectivity index (χ0n) is 20.2. The van der Waals surface area contributed by atoms with Crippen molar-refractivity contribution in [1.82, 2.24) is 9.88 Å². The average Bonchev–Trinajstić information content (AvgIpc) is 3.12. The molecule has 2 heterocycles. The van der Waals surface area contributed by atoms with Crippen molar-refractivity contribution in [3.63, 3.8) is 0 Å². The lowest BCUT2D eigenvalue weighted by Crippen LogP contribution is -2.29. The number of carbonyl (C=O) groups is 2. The van der Waals surface area contributed by atoms with E-state index in [0.29, 0.717) is 24.0 Å². The average molecular weight is 511 g/mol. The quantitative estimate of drug-likeness (QED) is 0.249. The van der Waals surface area contributed by atoms with Gasteiger partial charge in [0.05, 0.1) is 23.4 Å². The summed E-state index contributed by atoms with van der Waals surface area (Å²) in [6.45, 7) is 4.24. The van der Waals surface area contributed by atoms with Crippen LogP contribution < -0.4 is 4.74 Å². The molecule has 1 unspecified atom stereocenters. The molecule has 0 radical (unpaired) electrons. The molecule has 1 aromatic heterocycles. The van der Waals surface area contributed by atoms with E-state index in [9.17, 15) is 27.9 Å². The van der Waals surface area contributed by atoms with E-state index in [-0.39, 0.29) is 23.2 Å². The maximum absolute atomic E-state index is 13.2. The van der Waals surface area contributed by atoms with Gasteiger partial charge >= 0.3 is 6.18 Å². The zero-order valence-corrected chi connectivity index (χ0v) is 20.2. The van der Waals surface area contributed by atoms with Crippen LogP contribution >= 0.6 is 0 Å². The smallest absolute Gasteiger partial charge is 0.416 e. The third kappa shape index (κ3) is 5.66. The molecule has 1 fully saturated rings. The van der Waals surface area contributed by atoms with E-state index in [0.717, 1.165) is 17.0 Å². The van der Waals surface area contributed by atoms with Crippen LogP contribution in [0.2, 0.25) is 0 Å². The molecule has 37 heavy (non-hydrogen) atoms. The number of pyridine rings is 1. The SMILES string of the molecule is CC(C)COc1ccc(/C(O)=C2\C(=O)C(=O)N(Cc3cccc(C(F)(F)F)c3)C2c2ccccn2)cc1. The summed E-state index contributed by atoms with van der Waals surface area (Å²) in [5.41, 5.74) is -0.284. The van der Waals surface area contributed by atoms with E-state index >= 15 is 0 Å². The molecule has 0 aliphatic carbocycles. The Labute approximate surface area is 212 Å². The lowest BCUT2D eigenvalue weighted by Gasteiger charge is -2.25. The third-order valence-electron chi connectivity index (χ3n) is 5.83. The number of aliphatic hydroxyl groups excluding tert-OH is 1. The molecule has 3 aromatic rings. The maximum atomic E-state index is 13.2. The summed E-state index contributed by atoms with van der Waals surface area (Å²) < 4.78 is 45.4. The first-order chi connectivity index (χ1) is 17.6. The first kappa shape index (κ1) is 25.9. The van der Waals surface area contributed by atoms with Crippen molar-refractivity contribution in [2.24, 2.45) is 5.92 Å². The molecule has 2 aromatic carbocycles. The zero-order chi connectivity index (χ0) is 26.7. The number of nitrogens with zero attached hydrogens (tertiary/aromatic N) is 2. The van der Waals surface area contributed by atoms with E-state index in [2.05, 4.69) is 4.98 Å². The number of benzene rings is 2. The van der Waals surface area contributed by atoms with Crippen LogP contribution in [0.4, 0.5) is 13.2 Å². The van der Waals surface area contributed by atoms with Crippen LogP contribution in [-0.2, 0) is 22.3 Å². The van der Waals surface area contributed by atoms with E-state index in [1.54, 1.807) is 42.5 Å². The van der Waals surface area contributed by atoms with Gasteiger partial charge in [0.15, 0.2) is 0 Å². The Hall–Kier alpha value is -4.14. The molecule has 0 spiro atoms. The highest BCUT2D eigenvalue weighted by atomic mass is 19.4. The van der Waals surface area contributed by atoms with Crippen LogP contribution in [0.5, 0.6) is 5.75 Å². The minimum atomic E-state index is -4.56. The third-order valence-corrected chi connectivity index (χ3v) is 5.83. The number of amides is 1. The normalized spacial score (nSPS) is 17.5. The van der Waals surface area contributed by atoms with Gasteiger partial charge in [0.2, 0.25) is 0 Å². The molecule has 1 saturated heterocycles. The highest BCUT2D eigenvalue weighted by molar-refractivity contribution is 6.46. The Bertz CT molecular complexity index is 1320. The summed E-state index contributed by atoms with van der Waals surface area (Å²) in [7, 11) is 0. The molecular formula is C28H25F3N2O4. The van der Waals surface area contributed by atoms with Crippen molar-refractivity contribution in [2.75, 3.05) is 6.61 Å². The second-order valence-electron chi connectivity index (χ2n) is 9.11. The number of halogens is 3. The summed E-state index contributed by atoms with van der Waals surface area (Å²) in [5.74, 6) is -1.39. The molecule has 9 heteroatoms. The van der Waals surface area contributed by atoms with Gasteiger partial charge in [0.25, 0.3) is 11.7 Å². The highest BCUT2D eigenvalue weighted by Gasteiger charge is 2.46. The molecule has 1 aliphatic heterocycles. The molecule has 1 amide bonds. The van der Waals surface area contributed by atoms with Gasteiger partial charge in [-0.2, -0.15) is 13.2 Å². The maximum Gasteiger partial charge on any atom is 0.416 e. The van der Waals surface area contributed by atoms with Crippen molar-refractivity contribution in [3.05, 3.63) is 101 Å². The number of aliphatic hydroxyl groups is 1. The lowest BCUT2D eigenvalue weighted by atomic mass is 9.98. The predicted octanol–water partition coefficient (Wildman–Crippen LogP) is 5.76. The summed E-state index contributed by atoms with van der Waals surface area (Å²) in [6.07, 6.45) is -3.09. The number of ether oxygens (including phenoxy) is 1. The highest BCUT2D eigenvalue weighted by Crippen LogP contribution is 2.40. The molecule has 4 rings (SSSR count). The minimum Gasteiger partial charge on any atom is -0.507 e. The van der Waals surface area contributed by atoms with Gasteiger partial charge in [-0.25, -0.2) is 0 Å². The Balaban J connectivity index is 1.74. The molecule has 1 N–H and O–H groups in total. The number of likely N-dealkylation sites (tertiary alicyclic amines) is 1. The number of hydrogen-bond donors (Lipinski definition) is 1. The lowest BCUT2D eigenvalue weighted by molar-refractivity contribution is -0.140. The summed E-state index contributed by atoms with van der Waals surface area (Å²) in [4.78, 5) is 31.6. The van der Waals surface area contributed by atoms with Crippen molar-refractivity contribution in [1.29, 1.82) is 0 Å². The van der Waals surface area contributed by atoms with E-state index in [1.807, 2.05) is 13.8 Å². The largest absolute Gasteiger partial charge is 0.507 e. The fraction of sp³-hybridized carbons (Fsp3) is 0.250. The number of rotatable bonds is 7. The minimum absolute atomic E-state index is 0.185. The molecular weight excluding hydrogens is 485 g/mol. The van der Waals surface area contributed by atoms with Crippen LogP contribution in [0, 0.1) is 5.92 Å². The molecule has 6 nitrogen and oxygen atoms in total. The van der Waals surface area contributed by atoms with Gasteiger partial charge in [0.1, 0.15) is 17.6 Å². The van der Waals surface area contributed by atoms with Crippen molar-refractivity contribution in [3.8, 4) is 5.75 Å². The Morgan fingerprint density at radius 3 is 2.41 bits per heavy atom. The van der Waals surface area contributed by atoms with E-state index in [1.165, 1.54) is 18.3 Å². The van der Waals surface area contributed by atoms with Gasteiger partial charge in [-0.15, -0.1) is 0 Å². The second-order valence-corrected chi connectivity index (χ2v) is 9.11. The molecule has 0 bridgehead atoms.